The molecule has 94 valence electrons. The van der Waals surface area contributed by atoms with Crippen molar-refractivity contribution < 1.29 is 0 Å². The molecule has 16 heavy (non-hydrogen) atoms. The summed E-state index contributed by atoms with van der Waals surface area (Å²) in [7, 11) is 2.32. The van der Waals surface area contributed by atoms with Crippen LogP contribution in [-0.2, 0) is 0 Å². The molecule has 0 spiro atoms. The molecule has 1 saturated heterocycles. The Morgan fingerprint density at radius 2 is 2.00 bits per heavy atom. The molecule has 0 bridgehead atoms. The molecule has 2 unspecified atom stereocenters. The van der Waals surface area contributed by atoms with E-state index in [0.717, 1.165) is 17.9 Å². The Morgan fingerprint density at radius 3 is 2.44 bits per heavy atom. The number of hydrogen-bond donors (Lipinski definition) is 1. The zero-order chi connectivity index (χ0) is 11.8. The lowest BCUT2D eigenvalue weighted by atomic mass is 9.76. The zero-order valence-electron chi connectivity index (χ0n) is 11.4. The molecule has 0 aromatic rings. The van der Waals surface area contributed by atoms with Crippen molar-refractivity contribution in [3.05, 3.63) is 0 Å². The number of rotatable bonds is 5. The van der Waals surface area contributed by atoms with Crippen molar-refractivity contribution in [3.63, 3.8) is 0 Å². The van der Waals surface area contributed by atoms with E-state index in [9.17, 15) is 0 Å². The summed E-state index contributed by atoms with van der Waals surface area (Å²) in [5.74, 6) is 1.78. The van der Waals surface area contributed by atoms with Crippen LogP contribution >= 0.6 is 0 Å². The zero-order valence-corrected chi connectivity index (χ0v) is 11.4. The molecule has 1 aliphatic carbocycles. The van der Waals surface area contributed by atoms with E-state index in [1.807, 2.05) is 0 Å². The lowest BCUT2D eigenvalue weighted by Crippen LogP contribution is -2.44. The van der Waals surface area contributed by atoms with Crippen molar-refractivity contribution in [3.8, 4) is 0 Å². The number of hydrogen-bond acceptors (Lipinski definition) is 2. The van der Waals surface area contributed by atoms with E-state index in [0.29, 0.717) is 5.41 Å². The fourth-order valence-electron chi connectivity index (χ4n) is 3.15. The lowest BCUT2D eigenvalue weighted by molar-refractivity contribution is 0.104. The van der Waals surface area contributed by atoms with E-state index >= 15 is 0 Å². The molecule has 1 N–H and O–H groups in total. The van der Waals surface area contributed by atoms with Crippen molar-refractivity contribution in [2.45, 2.75) is 46.1 Å². The Hall–Kier alpha value is -0.0800. The van der Waals surface area contributed by atoms with E-state index in [-0.39, 0.29) is 0 Å². The highest BCUT2D eigenvalue weighted by atomic mass is 15.2. The minimum atomic E-state index is 0.526. The van der Waals surface area contributed by atoms with E-state index in [1.165, 1.54) is 38.9 Å². The summed E-state index contributed by atoms with van der Waals surface area (Å²) in [5.41, 5.74) is 0.526. The van der Waals surface area contributed by atoms with Gasteiger partial charge in [0, 0.05) is 19.1 Å². The Balaban J connectivity index is 1.94. The van der Waals surface area contributed by atoms with Crippen LogP contribution < -0.4 is 5.32 Å². The lowest BCUT2D eigenvalue weighted by Gasteiger charge is -2.39. The van der Waals surface area contributed by atoms with Crippen LogP contribution in [0.5, 0.6) is 0 Å². The van der Waals surface area contributed by atoms with Crippen molar-refractivity contribution >= 4 is 0 Å². The molecule has 2 rings (SSSR count). The molecule has 2 aliphatic rings. The molecule has 2 fully saturated rings. The first-order valence-corrected chi connectivity index (χ1v) is 6.96. The normalized spacial score (nSPS) is 32.6. The van der Waals surface area contributed by atoms with Gasteiger partial charge >= 0.3 is 0 Å². The summed E-state index contributed by atoms with van der Waals surface area (Å²) in [4.78, 5) is 2.62. The molecule has 1 saturated carbocycles. The van der Waals surface area contributed by atoms with Crippen molar-refractivity contribution in [1.82, 2.24) is 10.2 Å². The first kappa shape index (κ1) is 12.4. The average molecular weight is 224 g/mol. The molecule has 2 atom stereocenters. The average Bonchev–Trinajstić information content (AvgIpc) is 2.98. The van der Waals surface area contributed by atoms with Crippen molar-refractivity contribution in [2.75, 3.05) is 26.7 Å². The van der Waals surface area contributed by atoms with Gasteiger partial charge in [-0.2, -0.15) is 0 Å². The molecule has 1 aliphatic heterocycles. The quantitative estimate of drug-likeness (QED) is 0.771. The van der Waals surface area contributed by atoms with Gasteiger partial charge in [0.1, 0.15) is 0 Å². The van der Waals surface area contributed by atoms with Crippen LogP contribution in [0.2, 0.25) is 0 Å². The minimum absolute atomic E-state index is 0.526. The fraction of sp³-hybridized carbons (Fsp3) is 1.00. The van der Waals surface area contributed by atoms with Crippen LogP contribution in [-0.4, -0.2) is 37.6 Å². The largest absolute Gasteiger partial charge is 0.316 e. The van der Waals surface area contributed by atoms with Gasteiger partial charge in [-0.15, -0.1) is 0 Å². The van der Waals surface area contributed by atoms with Gasteiger partial charge in [-0.1, -0.05) is 13.8 Å². The van der Waals surface area contributed by atoms with Crippen LogP contribution in [0.15, 0.2) is 0 Å². The SMILES string of the molecule is CC(C1CC1)N(C)CC1(C(C)C)CCNC1. The maximum Gasteiger partial charge on any atom is 0.00923 e. The van der Waals surface area contributed by atoms with E-state index < -0.39 is 0 Å². The van der Waals surface area contributed by atoms with Gasteiger partial charge in [0.25, 0.3) is 0 Å². The number of nitrogens with one attached hydrogen (secondary N) is 1. The maximum atomic E-state index is 3.56. The third kappa shape index (κ3) is 2.43. The summed E-state index contributed by atoms with van der Waals surface area (Å²) in [6.45, 7) is 10.9. The minimum Gasteiger partial charge on any atom is -0.316 e. The van der Waals surface area contributed by atoms with Gasteiger partial charge < -0.3 is 10.2 Å². The van der Waals surface area contributed by atoms with Crippen LogP contribution in [0.4, 0.5) is 0 Å². The predicted octanol–water partition coefficient (Wildman–Crippen LogP) is 2.35. The Labute approximate surface area is 101 Å². The molecule has 2 heteroatoms. The van der Waals surface area contributed by atoms with Crippen molar-refractivity contribution in [1.29, 1.82) is 0 Å². The third-order valence-corrected chi connectivity index (χ3v) is 5.07. The molecular weight excluding hydrogens is 196 g/mol. The van der Waals surface area contributed by atoms with Gasteiger partial charge in [0.05, 0.1) is 0 Å². The van der Waals surface area contributed by atoms with Gasteiger partial charge in [-0.05, 0) is 57.0 Å². The molecule has 0 radical (unpaired) electrons. The third-order valence-electron chi connectivity index (χ3n) is 5.07. The summed E-state index contributed by atoms with van der Waals surface area (Å²) in [5, 5.41) is 3.56. The van der Waals surface area contributed by atoms with E-state index in [2.05, 4.69) is 38.0 Å². The van der Waals surface area contributed by atoms with Crippen LogP contribution in [0, 0.1) is 17.3 Å². The van der Waals surface area contributed by atoms with E-state index in [4.69, 9.17) is 0 Å². The topological polar surface area (TPSA) is 15.3 Å². The highest BCUT2D eigenvalue weighted by Crippen LogP contribution is 2.39. The second-order valence-electron chi connectivity index (χ2n) is 6.44. The standard InChI is InChI=1S/C14H28N2/c1-11(2)14(7-8-15-9-14)10-16(4)12(3)13-5-6-13/h11-13,15H,5-10H2,1-4H3. The Morgan fingerprint density at radius 1 is 1.31 bits per heavy atom. The summed E-state index contributed by atoms with van der Waals surface area (Å²) < 4.78 is 0. The molecular formula is C14H28N2. The van der Waals surface area contributed by atoms with Crippen molar-refractivity contribution in [2.24, 2.45) is 17.3 Å². The fourth-order valence-corrected chi connectivity index (χ4v) is 3.15. The Kier molecular flexibility index (Phi) is 3.60. The van der Waals surface area contributed by atoms with Gasteiger partial charge in [-0.3, -0.25) is 0 Å². The van der Waals surface area contributed by atoms with Gasteiger partial charge in [0.15, 0.2) is 0 Å². The summed E-state index contributed by atoms with van der Waals surface area (Å²) in [6, 6.07) is 0.788. The maximum absolute atomic E-state index is 3.56. The monoisotopic (exact) mass is 224 g/mol. The smallest absolute Gasteiger partial charge is 0.00923 e. The number of nitrogens with zero attached hydrogens (tertiary/aromatic N) is 1. The second-order valence-corrected chi connectivity index (χ2v) is 6.44. The van der Waals surface area contributed by atoms with Crippen LogP contribution in [0.3, 0.4) is 0 Å². The van der Waals surface area contributed by atoms with E-state index in [1.54, 1.807) is 0 Å². The molecule has 0 aromatic carbocycles. The highest BCUT2D eigenvalue weighted by molar-refractivity contribution is 4.94. The molecule has 0 amide bonds. The molecule has 0 aromatic heterocycles. The van der Waals surface area contributed by atoms with Gasteiger partial charge in [-0.25, -0.2) is 0 Å². The first-order valence-electron chi connectivity index (χ1n) is 6.96. The second kappa shape index (κ2) is 4.66. The summed E-state index contributed by atoms with van der Waals surface area (Å²) in [6.07, 6.45) is 4.27. The molecule has 1 heterocycles. The first-order chi connectivity index (χ1) is 7.55. The van der Waals surface area contributed by atoms with Gasteiger partial charge in [0.2, 0.25) is 0 Å². The predicted molar refractivity (Wildman–Crippen MR) is 69.6 cm³/mol. The van der Waals surface area contributed by atoms with Crippen LogP contribution in [0.25, 0.3) is 0 Å². The molecule has 2 nitrogen and oxygen atoms in total. The Bertz CT molecular complexity index is 227. The summed E-state index contributed by atoms with van der Waals surface area (Å²) >= 11 is 0. The highest BCUT2D eigenvalue weighted by Gasteiger charge is 2.40. The van der Waals surface area contributed by atoms with Crippen LogP contribution in [0.1, 0.15) is 40.0 Å².